The van der Waals surface area contributed by atoms with E-state index in [1.54, 1.807) is 11.0 Å². The predicted octanol–water partition coefficient (Wildman–Crippen LogP) is 4.72. The lowest BCUT2D eigenvalue weighted by atomic mass is 10.0. The van der Waals surface area contributed by atoms with Crippen molar-refractivity contribution in [3.63, 3.8) is 0 Å². The van der Waals surface area contributed by atoms with Gasteiger partial charge in [0.2, 0.25) is 0 Å². The maximum Gasteiger partial charge on any atom is 0.254 e. The summed E-state index contributed by atoms with van der Waals surface area (Å²) in [7, 11) is 1.39. The first-order valence-corrected chi connectivity index (χ1v) is 10.4. The molecule has 0 saturated heterocycles. The first-order chi connectivity index (χ1) is 15.5. The van der Waals surface area contributed by atoms with Crippen molar-refractivity contribution in [1.29, 1.82) is 0 Å². The van der Waals surface area contributed by atoms with Crippen molar-refractivity contribution < 1.29 is 18.7 Å². The molecule has 162 valence electrons. The minimum Gasteiger partial charge on any atom is -0.494 e. The molecule has 5 rings (SSSR count). The number of benzene rings is 3. The third kappa shape index (κ3) is 3.66. The molecule has 7 heteroatoms. The van der Waals surface area contributed by atoms with Gasteiger partial charge in [0.15, 0.2) is 11.6 Å². The average molecular weight is 431 g/mol. The lowest BCUT2D eigenvalue weighted by Crippen LogP contribution is -2.32. The third-order valence-corrected chi connectivity index (χ3v) is 5.66. The highest BCUT2D eigenvalue weighted by atomic mass is 19.1. The zero-order chi connectivity index (χ0) is 22.2. The normalized spacial score (nSPS) is 13.4. The van der Waals surface area contributed by atoms with Crippen LogP contribution in [0.25, 0.3) is 22.2 Å². The Bertz CT molecular complexity index is 1330. The molecule has 0 atom stereocenters. The molecule has 0 radical (unpaired) electrons. The number of amides is 1. The maximum absolute atomic E-state index is 14.1. The van der Waals surface area contributed by atoms with Gasteiger partial charge in [0.05, 0.1) is 24.7 Å². The Morgan fingerprint density at radius 3 is 2.75 bits per heavy atom. The summed E-state index contributed by atoms with van der Waals surface area (Å²) in [5.41, 5.74) is 5.15. The number of fused-ring (bicyclic) bond motifs is 2. The smallest absolute Gasteiger partial charge is 0.254 e. The molecule has 3 aromatic carbocycles. The van der Waals surface area contributed by atoms with Crippen LogP contribution in [0.4, 0.5) is 4.39 Å². The highest BCUT2D eigenvalue weighted by Gasteiger charge is 2.22. The molecule has 2 heterocycles. The van der Waals surface area contributed by atoms with Crippen LogP contribution < -0.4 is 9.47 Å². The van der Waals surface area contributed by atoms with Gasteiger partial charge in [-0.1, -0.05) is 12.1 Å². The van der Waals surface area contributed by atoms with Crippen molar-refractivity contribution >= 4 is 16.9 Å². The number of carbonyl (C=O) groups is 1. The lowest BCUT2D eigenvalue weighted by molar-refractivity contribution is 0.0732. The Labute approximate surface area is 184 Å². The standard InChI is InChI=1S/C25H22FN3O3/c1-15-27-21-6-3-17(13-22(21)28-15)16-4-7-23-19(11-16)14-29(9-10-32-23)25(30)18-5-8-24(31-2)20(26)12-18/h3-8,11-13H,9-10,14H2,1-2H3,(H,27,28). The molecular weight excluding hydrogens is 409 g/mol. The van der Waals surface area contributed by atoms with Crippen LogP contribution in [0.15, 0.2) is 54.6 Å². The Balaban J connectivity index is 1.45. The van der Waals surface area contributed by atoms with Crippen LogP contribution in [0.2, 0.25) is 0 Å². The van der Waals surface area contributed by atoms with Crippen LogP contribution in [0.1, 0.15) is 21.7 Å². The quantitative estimate of drug-likeness (QED) is 0.510. The molecule has 0 spiro atoms. The number of aryl methyl sites for hydroxylation is 1. The van der Waals surface area contributed by atoms with Crippen LogP contribution in [0.3, 0.4) is 0 Å². The molecule has 0 aliphatic carbocycles. The van der Waals surface area contributed by atoms with Gasteiger partial charge in [0.25, 0.3) is 5.91 Å². The van der Waals surface area contributed by atoms with Gasteiger partial charge < -0.3 is 19.4 Å². The van der Waals surface area contributed by atoms with Crippen LogP contribution in [0, 0.1) is 12.7 Å². The average Bonchev–Trinajstić information content (AvgIpc) is 3.04. The number of H-pyrrole nitrogens is 1. The summed E-state index contributed by atoms with van der Waals surface area (Å²) in [6.07, 6.45) is 0. The van der Waals surface area contributed by atoms with Gasteiger partial charge in [-0.05, 0) is 60.5 Å². The second-order valence-electron chi connectivity index (χ2n) is 7.80. The van der Waals surface area contributed by atoms with E-state index in [0.29, 0.717) is 19.7 Å². The number of nitrogens with zero attached hydrogens (tertiary/aromatic N) is 2. The minimum atomic E-state index is -0.559. The molecule has 1 aliphatic heterocycles. The number of methoxy groups -OCH3 is 1. The summed E-state index contributed by atoms with van der Waals surface area (Å²) in [4.78, 5) is 22.5. The zero-order valence-corrected chi connectivity index (χ0v) is 17.8. The van der Waals surface area contributed by atoms with Crippen molar-refractivity contribution in [2.75, 3.05) is 20.3 Å². The third-order valence-electron chi connectivity index (χ3n) is 5.66. The van der Waals surface area contributed by atoms with Gasteiger partial charge in [-0.3, -0.25) is 4.79 Å². The Morgan fingerprint density at radius 2 is 1.94 bits per heavy atom. The molecular formula is C25H22FN3O3. The van der Waals surface area contributed by atoms with E-state index in [2.05, 4.69) is 16.0 Å². The Morgan fingerprint density at radius 1 is 1.12 bits per heavy atom. The van der Waals surface area contributed by atoms with E-state index in [0.717, 1.165) is 39.3 Å². The molecule has 1 aromatic heterocycles. The van der Waals surface area contributed by atoms with Gasteiger partial charge in [0, 0.05) is 17.7 Å². The first kappa shape index (κ1) is 20.1. The van der Waals surface area contributed by atoms with Gasteiger partial charge in [0.1, 0.15) is 18.2 Å². The van der Waals surface area contributed by atoms with Gasteiger partial charge in [-0.15, -0.1) is 0 Å². The topological polar surface area (TPSA) is 67.4 Å². The fraction of sp³-hybridized carbons (Fsp3) is 0.200. The highest BCUT2D eigenvalue weighted by Crippen LogP contribution is 2.31. The molecule has 32 heavy (non-hydrogen) atoms. The number of carbonyl (C=O) groups excluding carboxylic acids is 1. The number of aromatic amines is 1. The number of aromatic nitrogens is 2. The summed E-state index contributed by atoms with van der Waals surface area (Å²) >= 11 is 0. The summed E-state index contributed by atoms with van der Waals surface area (Å²) in [5.74, 6) is 0.930. The van der Waals surface area contributed by atoms with E-state index in [1.165, 1.54) is 19.2 Å². The van der Waals surface area contributed by atoms with Crippen LogP contribution in [-0.4, -0.2) is 41.0 Å². The van der Waals surface area contributed by atoms with E-state index in [9.17, 15) is 9.18 Å². The molecule has 1 aliphatic rings. The van der Waals surface area contributed by atoms with E-state index in [1.807, 2.05) is 37.3 Å². The first-order valence-electron chi connectivity index (χ1n) is 10.4. The summed E-state index contributed by atoms with van der Waals surface area (Å²) in [6, 6.07) is 16.3. The minimum absolute atomic E-state index is 0.111. The SMILES string of the molecule is COc1ccc(C(=O)N2CCOc3ccc(-c4ccc5nc(C)[nH]c5c4)cc3C2)cc1F. The number of nitrogens with one attached hydrogen (secondary N) is 1. The molecule has 4 aromatic rings. The van der Waals surface area contributed by atoms with Crippen molar-refractivity contribution in [3.05, 3.63) is 77.4 Å². The fourth-order valence-electron chi connectivity index (χ4n) is 4.05. The van der Waals surface area contributed by atoms with Crippen LogP contribution >= 0.6 is 0 Å². The second-order valence-corrected chi connectivity index (χ2v) is 7.80. The molecule has 1 amide bonds. The summed E-state index contributed by atoms with van der Waals surface area (Å²) < 4.78 is 25.0. The Kier molecular flexibility index (Phi) is 5.01. The van der Waals surface area contributed by atoms with Crippen molar-refractivity contribution in [2.24, 2.45) is 0 Å². The number of ether oxygens (including phenoxy) is 2. The van der Waals surface area contributed by atoms with Gasteiger partial charge in [-0.2, -0.15) is 0 Å². The highest BCUT2D eigenvalue weighted by molar-refractivity contribution is 5.94. The largest absolute Gasteiger partial charge is 0.494 e. The van der Waals surface area contributed by atoms with Crippen molar-refractivity contribution in [3.8, 4) is 22.6 Å². The summed E-state index contributed by atoms with van der Waals surface area (Å²) in [6.45, 7) is 3.09. The number of rotatable bonds is 3. The van der Waals surface area contributed by atoms with E-state index < -0.39 is 5.82 Å². The van der Waals surface area contributed by atoms with Crippen LogP contribution in [0.5, 0.6) is 11.5 Å². The molecule has 0 bridgehead atoms. The van der Waals surface area contributed by atoms with Crippen molar-refractivity contribution in [1.82, 2.24) is 14.9 Å². The zero-order valence-electron chi connectivity index (χ0n) is 17.8. The number of hydrogen-bond donors (Lipinski definition) is 1. The summed E-state index contributed by atoms with van der Waals surface area (Å²) in [5, 5.41) is 0. The van der Waals surface area contributed by atoms with Gasteiger partial charge in [-0.25, -0.2) is 9.37 Å². The van der Waals surface area contributed by atoms with Gasteiger partial charge >= 0.3 is 0 Å². The Hall–Kier alpha value is -3.87. The monoisotopic (exact) mass is 431 g/mol. The predicted molar refractivity (Wildman–Crippen MR) is 119 cm³/mol. The van der Waals surface area contributed by atoms with Crippen LogP contribution in [-0.2, 0) is 6.54 Å². The van der Waals surface area contributed by atoms with E-state index >= 15 is 0 Å². The fourth-order valence-corrected chi connectivity index (χ4v) is 4.05. The molecule has 0 fully saturated rings. The number of halogens is 1. The molecule has 1 N–H and O–H groups in total. The van der Waals surface area contributed by atoms with E-state index in [-0.39, 0.29) is 17.2 Å². The van der Waals surface area contributed by atoms with E-state index in [4.69, 9.17) is 9.47 Å². The molecule has 0 unspecified atom stereocenters. The number of imidazole rings is 1. The lowest BCUT2D eigenvalue weighted by Gasteiger charge is -2.20. The number of hydrogen-bond acceptors (Lipinski definition) is 4. The molecule has 0 saturated carbocycles. The molecule has 6 nitrogen and oxygen atoms in total. The maximum atomic E-state index is 14.1. The second kappa shape index (κ2) is 8.00. The van der Waals surface area contributed by atoms with Crippen molar-refractivity contribution in [2.45, 2.75) is 13.5 Å².